The van der Waals surface area contributed by atoms with Crippen LogP contribution in [0.4, 0.5) is 28.8 Å². The zero-order valence-corrected chi connectivity index (χ0v) is 15.7. The summed E-state index contributed by atoms with van der Waals surface area (Å²) in [5, 5.41) is 18.6. The lowest BCUT2D eigenvalue weighted by Gasteiger charge is -2.11. The first-order valence-electron chi connectivity index (χ1n) is 8.84. The maximum atomic E-state index is 11.8. The van der Waals surface area contributed by atoms with Crippen LogP contribution in [0.5, 0.6) is 0 Å². The first-order chi connectivity index (χ1) is 14.0. The molecule has 9 heteroatoms. The van der Waals surface area contributed by atoms with Gasteiger partial charge >= 0.3 is 5.69 Å². The van der Waals surface area contributed by atoms with Crippen LogP contribution in [0.25, 0.3) is 10.9 Å². The molecule has 0 spiro atoms. The minimum Gasteiger partial charge on any atom is -0.334 e. The molecule has 0 atom stereocenters. The highest BCUT2D eigenvalue weighted by molar-refractivity contribution is 5.94. The van der Waals surface area contributed by atoms with Crippen LogP contribution >= 0.6 is 0 Å². The van der Waals surface area contributed by atoms with Gasteiger partial charge < -0.3 is 10.6 Å². The van der Waals surface area contributed by atoms with E-state index >= 15 is 0 Å². The topological polar surface area (TPSA) is 119 Å². The lowest BCUT2D eigenvalue weighted by Crippen LogP contribution is -2.06. The molecule has 0 bridgehead atoms. The molecule has 0 amide bonds. The Morgan fingerprint density at radius 2 is 1.72 bits per heavy atom. The molecule has 1 aromatic carbocycles. The van der Waals surface area contributed by atoms with E-state index in [9.17, 15) is 10.1 Å². The third kappa shape index (κ3) is 3.79. The summed E-state index contributed by atoms with van der Waals surface area (Å²) in [6.07, 6.45) is 2.93. The van der Waals surface area contributed by atoms with Crippen molar-refractivity contribution >= 4 is 39.7 Å². The lowest BCUT2D eigenvalue weighted by molar-refractivity contribution is -0.383. The first-order valence-corrected chi connectivity index (χ1v) is 8.84. The highest BCUT2D eigenvalue weighted by atomic mass is 16.6. The second-order valence-corrected chi connectivity index (χ2v) is 6.47. The Morgan fingerprint density at radius 3 is 2.45 bits per heavy atom. The van der Waals surface area contributed by atoms with Gasteiger partial charge in [-0.1, -0.05) is 12.1 Å². The molecule has 0 aliphatic rings. The van der Waals surface area contributed by atoms with Crippen LogP contribution in [-0.4, -0.2) is 24.9 Å². The van der Waals surface area contributed by atoms with Gasteiger partial charge in [0.25, 0.3) is 0 Å². The fraction of sp³-hybridized carbons (Fsp3) is 0.100. The van der Waals surface area contributed by atoms with Gasteiger partial charge in [-0.2, -0.15) is 0 Å². The van der Waals surface area contributed by atoms with Gasteiger partial charge in [-0.15, -0.1) is 0 Å². The molecular weight excluding hydrogens is 370 g/mol. The molecule has 29 heavy (non-hydrogen) atoms. The number of aromatic nitrogens is 4. The summed E-state index contributed by atoms with van der Waals surface area (Å²) < 4.78 is 0. The first kappa shape index (κ1) is 18.2. The van der Waals surface area contributed by atoms with Crippen LogP contribution in [0.3, 0.4) is 0 Å². The molecule has 4 aromatic rings. The molecule has 9 nitrogen and oxygen atoms in total. The number of fused-ring (bicyclic) bond motifs is 1. The number of nitrogens with zero attached hydrogens (tertiary/aromatic N) is 5. The van der Waals surface area contributed by atoms with E-state index in [4.69, 9.17) is 0 Å². The summed E-state index contributed by atoms with van der Waals surface area (Å²) in [4.78, 5) is 28.1. The Kier molecular flexibility index (Phi) is 4.70. The summed E-state index contributed by atoms with van der Waals surface area (Å²) in [5.41, 5.74) is 3.05. The highest BCUT2D eigenvalue weighted by Crippen LogP contribution is 2.34. The maximum Gasteiger partial charge on any atom is 0.353 e. The van der Waals surface area contributed by atoms with Crippen LogP contribution in [0.15, 0.2) is 55.0 Å². The van der Waals surface area contributed by atoms with Crippen molar-refractivity contribution in [2.24, 2.45) is 0 Å². The quantitative estimate of drug-likeness (QED) is 0.381. The molecule has 0 fully saturated rings. The molecule has 0 saturated carbocycles. The second kappa shape index (κ2) is 7.47. The molecule has 0 aliphatic carbocycles. The van der Waals surface area contributed by atoms with Crippen LogP contribution < -0.4 is 10.6 Å². The summed E-state index contributed by atoms with van der Waals surface area (Å²) in [7, 11) is 0. The van der Waals surface area contributed by atoms with Crippen molar-refractivity contribution in [3.8, 4) is 0 Å². The van der Waals surface area contributed by atoms with E-state index in [1.54, 1.807) is 12.3 Å². The standard InChI is InChI=1S/C20H17N7O2/c1-12-6-9-17(21-10-12)26-20-18(27(28)29)19(22-11-23-20)25-16-5-3-4-15-14(16)8-7-13(2)24-15/h3-11H,1-2H3,(H2,21,22,23,25,26). The number of hydrogen-bond donors (Lipinski definition) is 2. The number of nitro groups is 1. The average molecular weight is 387 g/mol. The van der Waals surface area contributed by atoms with Gasteiger partial charge in [-0.3, -0.25) is 15.1 Å². The molecule has 3 aromatic heterocycles. The van der Waals surface area contributed by atoms with Crippen LogP contribution in [0.2, 0.25) is 0 Å². The van der Waals surface area contributed by atoms with Crippen LogP contribution in [0.1, 0.15) is 11.3 Å². The molecular formula is C20H17N7O2. The van der Waals surface area contributed by atoms with E-state index in [2.05, 4.69) is 30.6 Å². The number of benzene rings is 1. The van der Waals surface area contributed by atoms with Crippen molar-refractivity contribution in [3.05, 3.63) is 76.4 Å². The minimum absolute atomic E-state index is 0.0538. The summed E-state index contributed by atoms with van der Waals surface area (Å²) in [6, 6.07) is 12.9. The van der Waals surface area contributed by atoms with E-state index < -0.39 is 4.92 Å². The third-order valence-corrected chi connectivity index (χ3v) is 4.29. The number of aryl methyl sites for hydroxylation is 2. The molecule has 2 N–H and O–H groups in total. The van der Waals surface area contributed by atoms with Crippen molar-refractivity contribution in [1.29, 1.82) is 0 Å². The largest absolute Gasteiger partial charge is 0.353 e. The Labute approximate surface area is 166 Å². The van der Waals surface area contributed by atoms with E-state index in [-0.39, 0.29) is 17.3 Å². The lowest BCUT2D eigenvalue weighted by atomic mass is 10.1. The van der Waals surface area contributed by atoms with E-state index in [1.165, 1.54) is 6.33 Å². The normalized spacial score (nSPS) is 10.7. The zero-order chi connectivity index (χ0) is 20.4. The Bertz CT molecular complexity index is 1210. The molecule has 0 unspecified atom stereocenters. The predicted octanol–water partition coefficient (Wildman–Crippen LogP) is 4.43. The van der Waals surface area contributed by atoms with Crippen molar-refractivity contribution in [3.63, 3.8) is 0 Å². The SMILES string of the molecule is Cc1ccc(Nc2ncnc(Nc3cccc4nc(C)ccc34)c2[N+](=O)[O-])nc1. The van der Waals surface area contributed by atoms with Crippen molar-refractivity contribution < 1.29 is 4.92 Å². The third-order valence-electron chi connectivity index (χ3n) is 4.29. The molecule has 3 heterocycles. The van der Waals surface area contributed by atoms with Gasteiger partial charge in [-0.25, -0.2) is 15.0 Å². The fourth-order valence-electron chi connectivity index (χ4n) is 2.89. The maximum absolute atomic E-state index is 11.8. The fourth-order valence-corrected chi connectivity index (χ4v) is 2.89. The number of nitrogens with one attached hydrogen (secondary N) is 2. The Hall–Kier alpha value is -4.14. The van der Waals surface area contributed by atoms with Crippen LogP contribution in [-0.2, 0) is 0 Å². The minimum atomic E-state index is -0.521. The smallest absolute Gasteiger partial charge is 0.334 e. The van der Waals surface area contributed by atoms with Gasteiger partial charge in [0.1, 0.15) is 12.1 Å². The summed E-state index contributed by atoms with van der Waals surface area (Å²) in [6.45, 7) is 3.82. The van der Waals surface area contributed by atoms with Gasteiger partial charge in [0, 0.05) is 23.0 Å². The Balaban J connectivity index is 1.75. The molecule has 0 saturated heterocycles. The van der Waals surface area contributed by atoms with Crippen molar-refractivity contribution in [2.75, 3.05) is 10.6 Å². The van der Waals surface area contributed by atoms with Gasteiger partial charge in [0.2, 0.25) is 11.6 Å². The Morgan fingerprint density at radius 1 is 0.931 bits per heavy atom. The second-order valence-electron chi connectivity index (χ2n) is 6.47. The van der Waals surface area contributed by atoms with E-state index in [1.807, 2.05) is 50.2 Å². The zero-order valence-electron chi connectivity index (χ0n) is 15.7. The predicted molar refractivity (Wildman–Crippen MR) is 111 cm³/mol. The van der Waals surface area contributed by atoms with Gasteiger partial charge in [-0.05, 0) is 49.7 Å². The molecule has 4 rings (SSSR count). The van der Waals surface area contributed by atoms with Crippen molar-refractivity contribution in [2.45, 2.75) is 13.8 Å². The number of rotatable bonds is 5. The van der Waals surface area contributed by atoms with Crippen molar-refractivity contribution in [1.82, 2.24) is 19.9 Å². The monoisotopic (exact) mass is 387 g/mol. The van der Waals surface area contributed by atoms with Crippen LogP contribution in [0, 0.1) is 24.0 Å². The van der Waals surface area contributed by atoms with E-state index in [0.29, 0.717) is 11.5 Å². The highest BCUT2D eigenvalue weighted by Gasteiger charge is 2.24. The molecule has 144 valence electrons. The number of pyridine rings is 2. The summed E-state index contributed by atoms with van der Waals surface area (Å²) >= 11 is 0. The molecule has 0 aliphatic heterocycles. The number of hydrogen-bond acceptors (Lipinski definition) is 8. The van der Waals surface area contributed by atoms with Gasteiger partial charge in [0.05, 0.1) is 10.4 Å². The summed E-state index contributed by atoms with van der Waals surface area (Å²) in [5.74, 6) is 0.582. The number of anilines is 4. The average Bonchev–Trinajstić information content (AvgIpc) is 2.69. The molecule has 0 radical (unpaired) electrons. The van der Waals surface area contributed by atoms with Gasteiger partial charge in [0.15, 0.2) is 0 Å². The van der Waals surface area contributed by atoms with E-state index in [0.717, 1.165) is 22.2 Å².